The minimum Gasteiger partial charge on any atom is -0.346 e. The Labute approximate surface area is 103 Å². The molecule has 0 bridgehead atoms. The maximum atomic E-state index is 11.4. The molecule has 0 heterocycles. The summed E-state index contributed by atoms with van der Waals surface area (Å²) in [5.74, 6) is -1.29. The highest BCUT2D eigenvalue weighted by Crippen LogP contribution is 2.15. The SMILES string of the molecule is CC(C)NC(=O)C(=O)Nc1cccc(Br)c1. The molecule has 0 aliphatic carbocycles. The van der Waals surface area contributed by atoms with Crippen molar-refractivity contribution in [2.75, 3.05) is 5.32 Å². The maximum Gasteiger partial charge on any atom is 0.313 e. The van der Waals surface area contributed by atoms with Gasteiger partial charge in [0.05, 0.1) is 0 Å². The molecular formula is C11H13BrN2O2. The van der Waals surface area contributed by atoms with Crippen LogP contribution < -0.4 is 10.6 Å². The lowest BCUT2D eigenvalue weighted by molar-refractivity contribution is -0.136. The highest BCUT2D eigenvalue weighted by atomic mass is 79.9. The highest BCUT2D eigenvalue weighted by molar-refractivity contribution is 9.10. The van der Waals surface area contributed by atoms with Crippen molar-refractivity contribution in [1.29, 1.82) is 0 Å². The van der Waals surface area contributed by atoms with Crippen LogP contribution in [0.15, 0.2) is 28.7 Å². The number of hydrogen-bond acceptors (Lipinski definition) is 2. The second kappa shape index (κ2) is 5.65. The van der Waals surface area contributed by atoms with Crippen LogP contribution in [-0.2, 0) is 9.59 Å². The summed E-state index contributed by atoms with van der Waals surface area (Å²) in [5.41, 5.74) is 0.582. The van der Waals surface area contributed by atoms with Crippen molar-refractivity contribution in [3.8, 4) is 0 Å². The van der Waals surface area contributed by atoms with Gasteiger partial charge in [-0.2, -0.15) is 0 Å². The van der Waals surface area contributed by atoms with Gasteiger partial charge in [-0.1, -0.05) is 22.0 Å². The average molecular weight is 285 g/mol. The maximum absolute atomic E-state index is 11.4. The van der Waals surface area contributed by atoms with Gasteiger partial charge in [-0.15, -0.1) is 0 Å². The predicted molar refractivity (Wildman–Crippen MR) is 66.1 cm³/mol. The first kappa shape index (κ1) is 12.7. The second-order valence-electron chi connectivity index (χ2n) is 3.59. The molecule has 0 unspecified atom stereocenters. The summed E-state index contributed by atoms with van der Waals surface area (Å²) in [6, 6.07) is 7.00. The number of rotatable bonds is 2. The van der Waals surface area contributed by atoms with Crippen LogP contribution in [0.4, 0.5) is 5.69 Å². The zero-order valence-corrected chi connectivity index (χ0v) is 10.7. The molecule has 5 heteroatoms. The number of halogens is 1. The van der Waals surface area contributed by atoms with Crippen LogP contribution in [0.25, 0.3) is 0 Å². The van der Waals surface area contributed by atoms with E-state index in [2.05, 4.69) is 26.6 Å². The van der Waals surface area contributed by atoms with Crippen molar-refractivity contribution in [3.63, 3.8) is 0 Å². The monoisotopic (exact) mass is 284 g/mol. The predicted octanol–water partition coefficient (Wildman–Crippen LogP) is 1.91. The number of nitrogens with one attached hydrogen (secondary N) is 2. The Morgan fingerprint density at radius 1 is 1.25 bits per heavy atom. The zero-order valence-electron chi connectivity index (χ0n) is 9.08. The van der Waals surface area contributed by atoms with Gasteiger partial charge < -0.3 is 10.6 Å². The summed E-state index contributed by atoms with van der Waals surface area (Å²) in [5, 5.41) is 5.02. The van der Waals surface area contributed by atoms with Crippen LogP contribution in [0.3, 0.4) is 0 Å². The number of anilines is 1. The van der Waals surface area contributed by atoms with E-state index in [4.69, 9.17) is 0 Å². The molecule has 0 aromatic heterocycles. The number of hydrogen-bond donors (Lipinski definition) is 2. The Bertz CT molecular complexity index is 405. The van der Waals surface area contributed by atoms with Crippen molar-refractivity contribution in [2.45, 2.75) is 19.9 Å². The smallest absolute Gasteiger partial charge is 0.313 e. The standard InChI is InChI=1S/C11H13BrN2O2/c1-7(2)13-10(15)11(16)14-9-5-3-4-8(12)6-9/h3-7H,1-2H3,(H,13,15)(H,14,16). The lowest BCUT2D eigenvalue weighted by atomic mass is 10.3. The summed E-state index contributed by atoms with van der Waals surface area (Å²) in [4.78, 5) is 22.7. The topological polar surface area (TPSA) is 58.2 Å². The molecule has 0 fully saturated rings. The van der Waals surface area contributed by atoms with E-state index in [1.54, 1.807) is 32.0 Å². The molecule has 86 valence electrons. The number of amides is 2. The zero-order chi connectivity index (χ0) is 12.1. The third-order valence-electron chi connectivity index (χ3n) is 1.71. The van der Waals surface area contributed by atoms with E-state index in [1.165, 1.54) is 0 Å². The van der Waals surface area contributed by atoms with E-state index in [9.17, 15) is 9.59 Å². The van der Waals surface area contributed by atoms with Crippen LogP contribution in [0.1, 0.15) is 13.8 Å². The molecule has 1 aromatic rings. The fraction of sp³-hybridized carbons (Fsp3) is 0.273. The summed E-state index contributed by atoms with van der Waals surface area (Å²) in [6.45, 7) is 3.59. The van der Waals surface area contributed by atoms with Gasteiger partial charge in [0.25, 0.3) is 0 Å². The lowest BCUT2D eigenvalue weighted by Crippen LogP contribution is -2.39. The fourth-order valence-corrected chi connectivity index (χ4v) is 1.48. The number of benzene rings is 1. The van der Waals surface area contributed by atoms with Crippen molar-refractivity contribution in [1.82, 2.24) is 5.32 Å². The Morgan fingerprint density at radius 2 is 1.94 bits per heavy atom. The van der Waals surface area contributed by atoms with Crippen LogP contribution in [0.2, 0.25) is 0 Å². The molecule has 1 rings (SSSR count). The van der Waals surface area contributed by atoms with Gasteiger partial charge in [0.1, 0.15) is 0 Å². The third-order valence-corrected chi connectivity index (χ3v) is 2.20. The molecule has 0 radical (unpaired) electrons. The normalized spacial score (nSPS) is 10.0. The molecule has 1 aromatic carbocycles. The molecular weight excluding hydrogens is 272 g/mol. The van der Waals surface area contributed by atoms with Gasteiger partial charge in [-0.3, -0.25) is 9.59 Å². The second-order valence-corrected chi connectivity index (χ2v) is 4.51. The first-order valence-electron chi connectivity index (χ1n) is 4.86. The molecule has 0 atom stereocenters. The molecule has 0 aliphatic rings. The molecule has 2 amide bonds. The largest absolute Gasteiger partial charge is 0.346 e. The molecule has 4 nitrogen and oxygen atoms in total. The van der Waals surface area contributed by atoms with Crippen molar-refractivity contribution < 1.29 is 9.59 Å². The van der Waals surface area contributed by atoms with Crippen LogP contribution >= 0.6 is 15.9 Å². The van der Waals surface area contributed by atoms with E-state index in [1.807, 2.05) is 6.07 Å². The summed E-state index contributed by atoms with van der Waals surface area (Å²) in [6.07, 6.45) is 0. The van der Waals surface area contributed by atoms with Gasteiger partial charge in [-0.05, 0) is 32.0 Å². The van der Waals surface area contributed by atoms with Crippen molar-refractivity contribution in [3.05, 3.63) is 28.7 Å². The molecule has 2 N–H and O–H groups in total. The van der Waals surface area contributed by atoms with Gasteiger partial charge >= 0.3 is 11.8 Å². The Hall–Kier alpha value is -1.36. The third kappa shape index (κ3) is 4.02. The molecule has 0 saturated carbocycles. The fourth-order valence-electron chi connectivity index (χ4n) is 1.08. The van der Waals surface area contributed by atoms with E-state index in [-0.39, 0.29) is 6.04 Å². The average Bonchev–Trinajstić information content (AvgIpc) is 2.16. The molecule has 16 heavy (non-hydrogen) atoms. The first-order chi connectivity index (χ1) is 7.49. The van der Waals surface area contributed by atoms with Crippen LogP contribution in [-0.4, -0.2) is 17.9 Å². The lowest BCUT2D eigenvalue weighted by Gasteiger charge is -2.08. The van der Waals surface area contributed by atoms with E-state index >= 15 is 0 Å². The number of carbonyl (C=O) groups is 2. The quantitative estimate of drug-likeness (QED) is 0.815. The summed E-state index contributed by atoms with van der Waals surface area (Å²) in [7, 11) is 0. The number of carbonyl (C=O) groups excluding carboxylic acids is 2. The Morgan fingerprint density at radius 3 is 2.50 bits per heavy atom. The van der Waals surface area contributed by atoms with Crippen LogP contribution in [0, 0.1) is 0 Å². The molecule has 0 spiro atoms. The highest BCUT2D eigenvalue weighted by Gasteiger charge is 2.14. The minimum absolute atomic E-state index is 0.0549. The van der Waals surface area contributed by atoms with Crippen molar-refractivity contribution >= 4 is 33.4 Å². The summed E-state index contributed by atoms with van der Waals surface area (Å²) >= 11 is 3.28. The van der Waals surface area contributed by atoms with Gasteiger partial charge in [-0.25, -0.2) is 0 Å². The van der Waals surface area contributed by atoms with Gasteiger partial charge in [0.15, 0.2) is 0 Å². The van der Waals surface area contributed by atoms with Crippen LogP contribution in [0.5, 0.6) is 0 Å². The van der Waals surface area contributed by atoms with Gasteiger partial charge in [0.2, 0.25) is 0 Å². The van der Waals surface area contributed by atoms with E-state index < -0.39 is 11.8 Å². The molecule has 0 aliphatic heterocycles. The first-order valence-corrected chi connectivity index (χ1v) is 5.65. The minimum atomic E-state index is -0.660. The summed E-state index contributed by atoms with van der Waals surface area (Å²) < 4.78 is 0.842. The van der Waals surface area contributed by atoms with Crippen molar-refractivity contribution in [2.24, 2.45) is 0 Å². The Balaban J connectivity index is 2.61. The Kier molecular flexibility index (Phi) is 4.49. The van der Waals surface area contributed by atoms with Gasteiger partial charge in [0, 0.05) is 16.2 Å². The van der Waals surface area contributed by atoms with E-state index in [0.717, 1.165) is 4.47 Å². The molecule has 0 saturated heterocycles. The van der Waals surface area contributed by atoms with E-state index in [0.29, 0.717) is 5.69 Å².